The number of fused-ring (bicyclic) bond motifs is 1. The van der Waals surface area contributed by atoms with Crippen LogP contribution in [0.2, 0.25) is 0 Å². The van der Waals surface area contributed by atoms with Gasteiger partial charge in [-0.15, -0.1) is 0 Å². The highest BCUT2D eigenvalue weighted by Crippen LogP contribution is 2.28. The zero-order valence-corrected chi connectivity index (χ0v) is 20.0. The van der Waals surface area contributed by atoms with Crippen LogP contribution in [0, 0.1) is 5.41 Å². The molecule has 0 fully saturated rings. The highest BCUT2D eigenvalue weighted by molar-refractivity contribution is 7.89. The molecule has 3 rings (SSSR count). The molecule has 0 saturated heterocycles. The minimum atomic E-state index is -5.08. The lowest BCUT2D eigenvalue weighted by molar-refractivity contribution is -0.192. The van der Waals surface area contributed by atoms with Crippen molar-refractivity contribution in [1.29, 1.82) is 5.41 Å². The highest BCUT2D eigenvalue weighted by Gasteiger charge is 2.38. The number of nitrogens with zero attached hydrogens (tertiary/aromatic N) is 2. The van der Waals surface area contributed by atoms with Gasteiger partial charge in [0.2, 0.25) is 16.0 Å². The average Bonchev–Trinajstić information content (AvgIpc) is 2.82. The number of aliphatic carboxylic acids is 2. The third-order valence-electron chi connectivity index (χ3n) is 4.56. The summed E-state index contributed by atoms with van der Waals surface area (Å²) in [5, 5.41) is 25.0. The molecule has 0 radical (unpaired) electrons. The van der Waals surface area contributed by atoms with Crippen molar-refractivity contribution in [1.82, 2.24) is 9.71 Å². The van der Waals surface area contributed by atoms with Gasteiger partial charge < -0.3 is 15.9 Å². The molecule has 6 N–H and O–H groups in total. The van der Waals surface area contributed by atoms with Crippen LogP contribution in [0.4, 0.5) is 18.9 Å². The molecular weight excluding hydrogens is 543 g/mol. The number of carbonyl (C=O) groups is 2. The van der Waals surface area contributed by atoms with Gasteiger partial charge in [0.25, 0.3) is 0 Å². The molecule has 11 nitrogen and oxygen atoms in total. The molecular formula is C21H19ClF3N5O6S. The van der Waals surface area contributed by atoms with Crippen LogP contribution in [0.5, 0.6) is 0 Å². The summed E-state index contributed by atoms with van der Waals surface area (Å²) in [5.41, 5.74) is 6.39. The number of guanidine groups is 1. The molecule has 0 saturated carbocycles. The molecule has 0 bridgehead atoms. The lowest BCUT2D eigenvalue weighted by atomic mass is 10.1. The summed E-state index contributed by atoms with van der Waals surface area (Å²) in [7, 11) is -4.14. The van der Waals surface area contributed by atoms with E-state index in [0.29, 0.717) is 22.0 Å². The molecule has 198 valence electrons. The number of carboxylic acids is 2. The van der Waals surface area contributed by atoms with Crippen molar-refractivity contribution in [3.05, 3.63) is 66.5 Å². The van der Waals surface area contributed by atoms with Crippen molar-refractivity contribution in [3.63, 3.8) is 0 Å². The lowest BCUT2D eigenvalue weighted by Crippen LogP contribution is -2.42. The third-order valence-corrected chi connectivity index (χ3v) is 6.40. The van der Waals surface area contributed by atoms with Gasteiger partial charge in [-0.3, -0.25) is 15.2 Å². The van der Waals surface area contributed by atoms with Crippen molar-refractivity contribution in [2.45, 2.75) is 23.5 Å². The van der Waals surface area contributed by atoms with E-state index >= 15 is 0 Å². The Kier molecular flexibility index (Phi) is 9.38. The molecule has 0 spiro atoms. The van der Waals surface area contributed by atoms with Crippen molar-refractivity contribution < 1.29 is 41.4 Å². The maximum atomic E-state index is 12.8. The molecule has 0 aliphatic rings. The fraction of sp³-hybridized carbons (Fsp3) is 0.143. The number of nitrogens with one attached hydrogen (secondary N) is 2. The Labute approximate surface area is 213 Å². The van der Waals surface area contributed by atoms with E-state index in [1.54, 1.807) is 30.3 Å². The lowest BCUT2D eigenvalue weighted by Gasteiger charge is -2.17. The SMILES string of the molecule is N=C(N)N(Cl)c1cncc2cc(S(=O)(=O)N[C@@H](Cc3ccccc3)C(=O)O)ccc12.O=C(O)C(F)(F)F. The molecule has 2 aromatic carbocycles. The Balaban J connectivity index is 0.000000604. The zero-order chi connectivity index (χ0) is 28.0. The van der Waals surface area contributed by atoms with Gasteiger partial charge in [-0.1, -0.05) is 36.4 Å². The number of hydrogen-bond acceptors (Lipinski definition) is 6. The van der Waals surface area contributed by atoms with Crippen LogP contribution in [0.15, 0.2) is 65.8 Å². The van der Waals surface area contributed by atoms with E-state index in [9.17, 15) is 31.5 Å². The molecule has 0 aliphatic heterocycles. The normalized spacial score (nSPS) is 12.2. The van der Waals surface area contributed by atoms with Crippen molar-refractivity contribution in [2.75, 3.05) is 4.42 Å². The van der Waals surface area contributed by atoms with E-state index in [1.165, 1.54) is 30.6 Å². The Morgan fingerprint density at radius 2 is 1.73 bits per heavy atom. The van der Waals surface area contributed by atoms with Crippen LogP contribution in [-0.4, -0.2) is 53.7 Å². The highest BCUT2D eigenvalue weighted by atomic mass is 35.5. The second-order valence-electron chi connectivity index (χ2n) is 7.21. The van der Waals surface area contributed by atoms with Crippen LogP contribution >= 0.6 is 11.8 Å². The van der Waals surface area contributed by atoms with E-state index in [2.05, 4.69) is 9.71 Å². The van der Waals surface area contributed by atoms with Gasteiger partial charge in [-0.2, -0.15) is 17.9 Å². The predicted molar refractivity (Wildman–Crippen MR) is 128 cm³/mol. The first-order chi connectivity index (χ1) is 17.1. The van der Waals surface area contributed by atoms with Crippen LogP contribution in [0.3, 0.4) is 0 Å². The van der Waals surface area contributed by atoms with E-state index in [4.69, 9.17) is 32.8 Å². The Morgan fingerprint density at radius 3 is 2.24 bits per heavy atom. The van der Waals surface area contributed by atoms with Gasteiger partial charge in [-0.25, -0.2) is 17.6 Å². The summed E-state index contributed by atoms with van der Waals surface area (Å²) < 4.78 is 60.5. The zero-order valence-electron chi connectivity index (χ0n) is 18.5. The van der Waals surface area contributed by atoms with Crippen molar-refractivity contribution >= 4 is 56.2 Å². The molecule has 0 aliphatic carbocycles. The number of aromatic nitrogens is 1. The summed E-state index contributed by atoms with van der Waals surface area (Å²) >= 11 is 5.98. The van der Waals surface area contributed by atoms with Gasteiger partial charge in [0.15, 0.2) is 0 Å². The minimum Gasteiger partial charge on any atom is -0.480 e. The molecule has 16 heteroatoms. The van der Waals surface area contributed by atoms with E-state index in [1.807, 2.05) is 0 Å². The molecule has 1 aromatic heterocycles. The maximum absolute atomic E-state index is 12.8. The molecule has 1 atom stereocenters. The van der Waals surface area contributed by atoms with Gasteiger partial charge in [0.05, 0.1) is 16.8 Å². The quantitative estimate of drug-likeness (QED) is 0.164. The average molecular weight is 562 g/mol. The summed E-state index contributed by atoms with van der Waals surface area (Å²) in [4.78, 5) is 24.4. The Morgan fingerprint density at radius 1 is 1.14 bits per heavy atom. The van der Waals surface area contributed by atoms with Crippen molar-refractivity contribution in [2.24, 2.45) is 5.73 Å². The largest absolute Gasteiger partial charge is 0.490 e. The number of rotatable bonds is 7. The van der Waals surface area contributed by atoms with Crippen LogP contribution in [0.25, 0.3) is 10.8 Å². The van der Waals surface area contributed by atoms with Crippen LogP contribution < -0.4 is 14.9 Å². The topological polar surface area (TPSA) is 187 Å². The summed E-state index contributed by atoms with van der Waals surface area (Å²) in [6, 6.07) is 11.5. The molecule has 37 heavy (non-hydrogen) atoms. The van der Waals surface area contributed by atoms with Crippen LogP contribution in [-0.2, 0) is 26.0 Å². The monoisotopic (exact) mass is 561 g/mol. The van der Waals surface area contributed by atoms with Gasteiger partial charge >= 0.3 is 18.1 Å². The number of anilines is 1. The number of alkyl halides is 3. The predicted octanol–water partition coefficient (Wildman–Crippen LogP) is 2.70. The van der Waals surface area contributed by atoms with E-state index in [-0.39, 0.29) is 11.3 Å². The minimum absolute atomic E-state index is 0.00545. The molecule has 0 unspecified atom stereocenters. The van der Waals surface area contributed by atoms with Gasteiger partial charge in [0, 0.05) is 28.7 Å². The fourth-order valence-electron chi connectivity index (χ4n) is 2.88. The number of benzene rings is 2. The molecule has 1 heterocycles. The number of hydrogen-bond donors (Lipinski definition) is 5. The fourth-order valence-corrected chi connectivity index (χ4v) is 4.24. The summed E-state index contributed by atoms with van der Waals surface area (Å²) in [6.45, 7) is 0. The Bertz CT molecular complexity index is 1410. The first-order valence-electron chi connectivity index (χ1n) is 9.90. The first kappa shape index (κ1) is 29.3. The second-order valence-corrected chi connectivity index (χ2v) is 9.26. The summed E-state index contributed by atoms with van der Waals surface area (Å²) in [6.07, 6.45) is -2.26. The number of halogens is 4. The Hall–Kier alpha value is -3.95. The standard InChI is InChI=1S/C19H18ClN5O4S.C2HF3O2/c20-25(19(21)22)17-11-23-10-13-9-14(6-7-15(13)17)30(28,29)24-16(18(26)27)8-12-4-2-1-3-5-12;3-2(4,5)1(6)7/h1-7,9-11,16,24H,8H2,(H3,21,22)(H,26,27);(H,6,7)/t16-;/m0./s1. The van der Waals surface area contributed by atoms with E-state index in [0.717, 1.165) is 4.42 Å². The van der Waals surface area contributed by atoms with Gasteiger partial charge in [0.1, 0.15) is 6.04 Å². The smallest absolute Gasteiger partial charge is 0.480 e. The molecule has 3 aromatic rings. The van der Waals surface area contributed by atoms with Gasteiger partial charge in [-0.05, 0) is 24.1 Å². The second kappa shape index (κ2) is 11.9. The number of nitrogens with two attached hydrogens (primary N) is 1. The first-order valence-corrected chi connectivity index (χ1v) is 11.7. The molecule has 0 amide bonds. The number of carboxylic acid groups (broad SMARTS) is 2. The maximum Gasteiger partial charge on any atom is 0.490 e. The number of sulfonamides is 1. The number of pyridine rings is 1. The summed E-state index contributed by atoms with van der Waals surface area (Å²) in [5.74, 6) is -4.46. The third kappa shape index (κ3) is 8.03. The van der Waals surface area contributed by atoms with Crippen LogP contribution in [0.1, 0.15) is 5.56 Å². The van der Waals surface area contributed by atoms with E-state index < -0.39 is 40.1 Å². The van der Waals surface area contributed by atoms with Crippen molar-refractivity contribution in [3.8, 4) is 0 Å².